The summed E-state index contributed by atoms with van der Waals surface area (Å²) in [6.45, 7) is 4.88. The molecule has 0 saturated carbocycles. The fourth-order valence-electron chi connectivity index (χ4n) is 2.55. The number of hydrogen-bond donors (Lipinski definition) is 1. The highest BCUT2D eigenvalue weighted by molar-refractivity contribution is 5.16. The summed E-state index contributed by atoms with van der Waals surface area (Å²) >= 11 is 0. The topological polar surface area (TPSA) is 36.4 Å². The van der Waals surface area contributed by atoms with E-state index in [0.717, 1.165) is 50.9 Å². The van der Waals surface area contributed by atoms with Crippen LogP contribution in [0.3, 0.4) is 0 Å². The average molecular weight is 266 g/mol. The molecule has 4 heteroatoms. The van der Waals surface area contributed by atoms with Gasteiger partial charge < -0.3 is 10.0 Å². The Kier molecular flexibility index (Phi) is 5.28. The molecule has 19 heavy (non-hydrogen) atoms. The molecule has 1 aliphatic rings. The van der Waals surface area contributed by atoms with Gasteiger partial charge in [-0.3, -0.25) is 4.98 Å². The Morgan fingerprint density at radius 1 is 1.42 bits per heavy atom. The van der Waals surface area contributed by atoms with Gasteiger partial charge in [-0.05, 0) is 50.3 Å². The van der Waals surface area contributed by atoms with E-state index in [0.29, 0.717) is 12.1 Å². The second-order valence-electron chi connectivity index (χ2n) is 5.30. The van der Waals surface area contributed by atoms with Gasteiger partial charge in [0.15, 0.2) is 0 Å². The lowest BCUT2D eigenvalue weighted by Crippen LogP contribution is -2.36. The van der Waals surface area contributed by atoms with Crippen molar-refractivity contribution in [3.8, 4) is 0 Å². The minimum absolute atomic E-state index is 0.115. The molecule has 1 aromatic heterocycles. The van der Waals surface area contributed by atoms with Crippen LogP contribution >= 0.6 is 0 Å². The van der Waals surface area contributed by atoms with E-state index in [-0.39, 0.29) is 11.9 Å². The fourth-order valence-corrected chi connectivity index (χ4v) is 2.55. The van der Waals surface area contributed by atoms with E-state index in [1.54, 1.807) is 12.3 Å². The van der Waals surface area contributed by atoms with E-state index >= 15 is 0 Å². The highest BCUT2D eigenvalue weighted by Crippen LogP contribution is 2.12. The Hall–Kier alpha value is -1.00. The first-order chi connectivity index (χ1) is 9.19. The zero-order valence-electron chi connectivity index (χ0n) is 11.6. The predicted molar refractivity (Wildman–Crippen MR) is 73.6 cm³/mol. The number of likely N-dealkylation sites (tertiary alicyclic amines) is 1. The monoisotopic (exact) mass is 266 g/mol. The Labute approximate surface area is 114 Å². The lowest BCUT2D eigenvalue weighted by molar-refractivity contribution is 0.0821. The van der Waals surface area contributed by atoms with E-state index in [2.05, 4.69) is 9.88 Å². The number of aliphatic hydroxyl groups is 1. The number of piperidine rings is 1. The number of aryl methyl sites for hydroxylation is 2. The molecular formula is C15H23FN2O. The highest BCUT2D eigenvalue weighted by atomic mass is 19.1. The molecule has 0 bridgehead atoms. The van der Waals surface area contributed by atoms with Crippen LogP contribution in [0.25, 0.3) is 0 Å². The molecule has 0 aliphatic carbocycles. The van der Waals surface area contributed by atoms with Gasteiger partial charge in [-0.15, -0.1) is 0 Å². The van der Waals surface area contributed by atoms with Crippen molar-refractivity contribution in [2.45, 2.75) is 45.1 Å². The minimum atomic E-state index is -0.180. The first-order valence-electron chi connectivity index (χ1n) is 7.22. The van der Waals surface area contributed by atoms with Crippen LogP contribution in [-0.4, -0.2) is 40.7 Å². The van der Waals surface area contributed by atoms with Crippen LogP contribution in [0.15, 0.2) is 12.3 Å². The van der Waals surface area contributed by atoms with Crippen LogP contribution in [0.1, 0.15) is 37.4 Å². The van der Waals surface area contributed by atoms with Gasteiger partial charge in [0.1, 0.15) is 5.82 Å². The fraction of sp³-hybridized carbons (Fsp3) is 0.667. The third-order valence-corrected chi connectivity index (χ3v) is 3.81. The normalized spacial score (nSPS) is 17.8. The van der Waals surface area contributed by atoms with E-state index in [9.17, 15) is 9.50 Å². The van der Waals surface area contributed by atoms with Gasteiger partial charge >= 0.3 is 0 Å². The van der Waals surface area contributed by atoms with Gasteiger partial charge in [0.05, 0.1) is 11.8 Å². The Bertz CT molecular complexity index is 403. The molecule has 2 rings (SSSR count). The lowest BCUT2D eigenvalue weighted by atomic mass is 10.1. The summed E-state index contributed by atoms with van der Waals surface area (Å²) in [5, 5.41) is 9.43. The average Bonchev–Trinajstić information content (AvgIpc) is 2.41. The number of nitrogens with zero attached hydrogens (tertiary/aromatic N) is 2. The van der Waals surface area contributed by atoms with Crippen molar-refractivity contribution in [3.63, 3.8) is 0 Å². The predicted octanol–water partition coefficient (Wildman–Crippen LogP) is 2.17. The zero-order valence-corrected chi connectivity index (χ0v) is 11.6. The second kappa shape index (κ2) is 6.96. The van der Waals surface area contributed by atoms with Crippen molar-refractivity contribution >= 4 is 0 Å². The minimum Gasteiger partial charge on any atom is -0.393 e. The maximum Gasteiger partial charge on any atom is 0.144 e. The number of rotatable bonds is 5. The van der Waals surface area contributed by atoms with Crippen LogP contribution in [0.2, 0.25) is 0 Å². The standard InChI is InChI=1S/C15H23FN2O/c1-2-15-14(16)10-12(11-17-15)4-3-7-18-8-5-13(19)6-9-18/h10-11,13,19H,2-9H2,1H3. The van der Waals surface area contributed by atoms with Crippen LogP contribution in [0.4, 0.5) is 4.39 Å². The zero-order chi connectivity index (χ0) is 13.7. The number of aromatic nitrogens is 1. The molecule has 0 unspecified atom stereocenters. The first kappa shape index (κ1) is 14.4. The summed E-state index contributed by atoms with van der Waals surface area (Å²) in [7, 11) is 0. The lowest BCUT2D eigenvalue weighted by Gasteiger charge is -2.29. The van der Waals surface area contributed by atoms with Crippen LogP contribution in [0, 0.1) is 5.82 Å². The van der Waals surface area contributed by atoms with E-state index in [1.807, 2.05) is 6.92 Å². The molecular weight excluding hydrogens is 243 g/mol. The number of hydrogen-bond acceptors (Lipinski definition) is 3. The molecule has 1 aliphatic heterocycles. The molecule has 1 aromatic rings. The maximum absolute atomic E-state index is 13.6. The first-order valence-corrected chi connectivity index (χ1v) is 7.22. The van der Waals surface area contributed by atoms with Crippen LogP contribution in [0.5, 0.6) is 0 Å². The van der Waals surface area contributed by atoms with Crippen LogP contribution in [-0.2, 0) is 12.8 Å². The van der Waals surface area contributed by atoms with Gasteiger partial charge in [-0.2, -0.15) is 0 Å². The van der Waals surface area contributed by atoms with E-state index < -0.39 is 0 Å². The van der Waals surface area contributed by atoms with Crippen molar-refractivity contribution in [1.82, 2.24) is 9.88 Å². The highest BCUT2D eigenvalue weighted by Gasteiger charge is 2.16. The molecule has 0 amide bonds. The van der Waals surface area contributed by atoms with Crippen molar-refractivity contribution in [1.29, 1.82) is 0 Å². The molecule has 3 nitrogen and oxygen atoms in total. The molecule has 1 N–H and O–H groups in total. The maximum atomic E-state index is 13.6. The third-order valence-electron chi connectivity index (χ3n) is 3.81. The number of aliphatic hydroxyl groups excluding tert-OH is 1. The molecule has 0 atom stereocenters. The quantitative estimate of drug-likeness (QED) is 0.887. The number of pyridine rings is 1. The summed E-state index contributed by atoms with van der Waals surface area (Å²) < 4.78 is 13.6. The van der Waals surface area contributed by atoms with Crippen molar-refractivity contribution < 1.29 is 9.50 Å². The molecule has 1 saturated heterocycles. The molecule has 0 spiro atoms. The molecule has 1 fully saturated rings. The summed E-state index contributed by atoms with van der Waals surface area (Å²) in [6, 6.07) is 1.62. The van der Waals surface area contributed by atoms with E-state index in [1.165, 1.54) is 0 Å². The number of halogens is 1. The summed E-state index contributed by atoms with van der Waals surface area (Å²) in [5.41, 5.74) is 1.53. The van der Waals surface area contributed by atoms with E-state index in [4.69, 9.17) is 0 Å². The van der Waals surface area contributed by atoms with Crippen molar-refractivity contribution in [2.24, 2.45) is 0 Å². The Morgan fingerprint density at radius 2 is 2.16 bits per heavy atom. The van der Waals surface area contributed by atoms with Gasteiger partial charge in [-0.25, -0.2) is 4.39 Å². The Balaban J connectivity index is 1.75. The van der Waals surface area contributed by atoms with Gasteiger partial charge in [0.25, 0.3) is 0 Å². The van der Waals surface area contributed by atoms with Crippen LogP contribution < -0.4 is 0 Å². The van der Waals surface area contributed by atoms with Crippen molar-refractivity contribution in [3.05, 3.63) is 29.3 Å². The third kappa shape index (κ3) is 4.25. The molecule has 0 radical (unpaired) electrons. The molecule has 0 aromatic carbocycles. The largest absolute Gasteiger partial charge is 0.393 e. The second-order valence-corrected chi connectivity index (χ2v) is 5.30. The molecule has 2 heterocycles. The smallest absolute Gasteiger partial charge is 0.144 e. The summed E-state index contributed by atoms with van der Waals surface area (Å²) in [4.78, 5) is 6.52. The van der Waals surface area contributed by atoms with Gasteiger partial charge in [0.2, 0.25) is 0 Å². The van der Waals surface area contributed by atoms with Gasteiger partial charge in [0, 0.05) is 19.3 Å². The van der Waals surface area contributed by atoms with Gasteiger partial charge in [-0.1, -0.05) is 6.92 Å². The van der Waals surface area contributed by atoms with Crippen molar-refractivity contribution in [2.75, 3.05) is 19.6 Å². The SMILES string of the molecule is CCc1ncc(CCCN2CCC(O)CC2)cc1F. The summed E-state index contributed by atoms with van der Waals surface area (Å²) in [5.74, 6) is -0.180. The summed E-state index contributed by atoms with van der Waals surface area (Å²) in [6.07, 6.45) is 5.96. The molecule has 106 valence electrons. The Morgan fingerprint density at radius 3 is 2.79 bits per heavy atom.